The third kappa shape index (κ3) is 3.77. The van der Waals surface area contributed by atoms with Crippen LogP contribution in [0.1, 0.15) is 38.3 Å². The van der Waals surface area contributed by atoms with Gasteiger partial charge in [0.05, 0.1) is 0 Å². The largest absolute Gasteiger partial charge is 0.307 e. The van der Waals surface area contributed by atoms with Crippen molar-refractivity contribution in [1.29, 1.82) is 0 Å². The minimum absolute atomic E-state index is 0.365. The van der Waals surface area contributed by atoms with Crippen molar-refractivity contribution in [2.75, 3.05) is 0 Å². The molecule has 80 valence electrons. The zero-order valence-corrected chi connectivity index (χ0v) is 9.53. The van der Waals surface area contributed by atoms with Crippen molar-refractivity contribution in [1.82, 2.24) is 5.32 Å². The molecular formula is C14H19N. The average Bonchev–Trinajstić information content (AvgIpc) is 2.29. The first kappa shape index (κ1) is 11.8. The summed E-state index contributed by atoms with van der Waals surface area (Å²) in [5, 5.41) is 3.54. The molecule has 1 N–H and O–H groups in total. The lowest BCUT2D eigenvalue weighted by atomic mass is 10.1. The van der Waals surface area contributed by atoms with Gasteiger partial charge in [-0.3, -0.25) is 0 Å². The molecule has 1 heteroatoms. The Hall–Kier alpha value is -1.26. The molecule has 2 atom stereocenters. The van der Waals surface area contributed by atoms with Gasteiger partial charge in [-0.15, -0.1) is 12.3 Å². The third-order valence-electron chi connectivity index (χ3n) is 2.64. The third-order valence-corrected chi connectivity index (χ3v) is 2.64. The number of hydrogen-bond donors (Lipinski definition) is 1. The highest BCUT2D eigenvalue weighted by atomic mass is 14.9. The van der Waals surface area contributed by atoms with E-state index in [-0.39, 0.29) is 0 Å². The summed E-state index contributed by atoms with van der Waals surface area (Å²) in [6, 6.07) is 11.2. The number of hydrogen-bond acceptors (Lipinski definition) is 1. The summed E-state index contributed by atoms with van der Waals surface area (Å²) < 4.78 is 0. The molecule has 0 aliphatic heterocycles. The predicted octanol–water partition coefficient (Wildman–Crippen LogP) is 3.14. The van der Waals surface area contributed by atoms with E-state index >= 15 is 0 Å². The highest BCUT2D eigenvalue weighted by Crippen LogP contribution is 2.13. The van der Waals surface area contributed by atoms with Crippen LogP contribution >= 0.6 is 0 Å². The van der Waals surface area contributed by atoms with Crippen LogP contribution in [0.3, 0.4) is 0 Å². The standard InChI is InChI=1S/C14H19N/c1-4-9-14(5-2)15-12(3)13-10-7-6-8-11-13/h1,6-8,10-12,14-15H,5,9H2,2-3H3. The van der Waals surface area contributed by atoms with Gasteiger partial charge in [0.25, 0.3) is 0 Å². The van der Waals surface area contributed by atoms with Crippen LogP contribution in [0.25, 0.3) is 0 Å². The Bertz CT molecular complexity index is 310. The molecule has 0 saturated carbocycles. The van der Waals surface area contributed by atoms with Crippen molar-refractivity contribution < 1.29 is 0 Å². The second-order valence-electron chi connectivity index (χ2n) is 3.81. The van der Waals surface area contributed by atoms with Crippen LogP contribution < -0.4 is 5.32 Å². The van der Waals surface area contributed by atoms with Crippen LogP contribution in [-0.4, -0.2) is 6.04 Å². The molecule has 0 spiro atoms. The fraction of sp³-hybridized carbons (Fsp3) is 0.429. The van der Waals surface area contributed by atoms with Gasteiger partial charge in [-0.25, -0.2) is 0 Å². The van der Waals surface area contributed by atoms with E-state index in [1.165, 1.54) is 5.56 Å². The zero-order valence-electron chi connectivity index (χ0n) is 9.53. The van der Waals surface area contributed by atoms with E-state index in [1.54, 1.807) is 0 Å². The predicted molar refractivity (Wildman–Crippen MR) is 65.5 cm³/mol. The Balaban J connectivity index is 2.55. The van der Waals surface area contributed by atoms with Crippen LogP contribution in [0.2, 0.25) is 0 Å². The van der Waals surface area contributed by atoms with Crippen LogP contribution in [0.15, 0.2) is 30.3 Å². The van der Waals surface area contributed by atoms with E-state index in [1.807, 2.05) is 6.07 Å². The number of benzene rings is 1. The normalized spacial score (nSPS) is 14.2. The Labute approximate surface area is 92.9 Å². The van der Waals surface area contributed by atoms with E-state index in [0.717, 1.165) is 12.8 Å². The summed E-state index contributed by atoms with van der Waals surface area (Å²) in [4.78, 5) is 0. The molecule has 15 heavy (non-hydrogen) atoms. The number of nitrogens with one attached hydrogen (secondary N) is 1. The minimum Gasteiger partial charge on any atom is -0.307 e. The van der Waals surface area contributed by atoms with Crippen molar-refractivity contribution in [3.05, 3.63) is 35.9 Å². The van der Waals surface area contributed by atoms with Crippen molar-refractivity contribution in [3.8, 4) is 12.3 Å². The first-order chi connectivity index (χ1) is 7.27. The van der Waals surface area contributed by atoms with Gasteiger partial charge in [0.15, 0.2) is 0 Å². The molecule has 0 aliphatic rings. The van der Waals surface area contributed by atoms with Gasteiger partial charge in [0, 0.05) is 18.5 Å². The van der Waals surface area contributed by atoms with Gasteiger partial charge >= 0.3 is 0 Å². The van der Waals surface area contributed by atoms with Gasteiger partial charge in [-0.05, 0) is 18.9 Å². The highest BCUT2D eigenvalue weighted by molar-refractivity contribution is 5.18. The monoisotopic (exact) mass is 201 g/mol. The van der Waals surface area contributed by atoms with Gasteiger partial charge in [0.1, 0.15) is 0 Å². The van der Waals surface area contributed by atoms with Crippen LogP contribution in [-0.2, 0) is 0 Å². The number of terminal acetylenes is 1. The highest BCUT2D eigenvalue weighted by Gasteiger charge is 2.09. The second-order valence-corrected chi connectivity index (χ2v) is 3.81. The van der Waals surface area contributed by atoms with Gasteiger partial charge in [-0.1, -0.05) is 37.3 Å². The Morgan fingerprint density at radius 1 is 1.33 bits per heavy atom. The van der Waals surface area contributed by atoms with Crippen molar-refractivity contribution >= 4 is 0 Å². The minimum atomic E-state index is 0.365. The summed E-state index contributed by atoms with van der Waals surface area (Å²) in [5.74, 6) is 2.71. The molecular weight excluding hydrogens is 182 g/mol. The summed E-state index contributed by atoms with van der Waals surface area (Å²) in [6.07, 6.45) is 7.20. The quantitative estimate of drug-likeness (QED) is 0.722. The number of rotatable bonds is 5. The molecule has 0 amide bonds. The van der Waals surface area contributed by atoms with Crippen molar-refractivity contribution in [3.63, 3.8) is 0 Å². The Morgan fingerprint density at radius 3 is 2.53 bits per heavy atom. The summed E-state index contributed by atoms with van der Waals surface area (Å²) in [7, 11) is 0. The molecule has 1 rings (SSSR count). The maximum absolute atomic E-state index is 5.33. The molecule has 0 aromatic heterocycles. The maximum Gasteiger partial charge on any atom is 0.0294 e. The second kappa shape index (κ2) is 6.27. The average molecular weight is 201 g/mol. The lowest BCUT2D eigenvalue weighted by Gasteiger charge is -2.20. The van der Waals surface area contributed by atoms with Crippen molar-refractivity contribution in [2.45, 2.75) is 38.8 Å². The fourth-order valence-corrected chi connectivity index (χ4v) is 1.65. The van der Waals surface area contributed by atoms with E-state index in [0.29, 0.717) is 12.1 Å². The molecule has 0 fully saturated rings. The van der Waals surface area contributed by atoms with E-state index in [9.17, 15) is 0 Å². The zero-order chi connectivity index (χ0) is 11.1. The first-order valence-electron chi connectivity index (χ1n) is 5.52. The molecule has 0 radical (unpaired) electrons. The molecule has 0 saturated heterocycles. The van der Waals surface area contributed by atoms with Crippen LogP contribution in [0.5, 0.6) is 0 Å². The Kier molecular flexibility index (Phi) is 4.93. The summed E-state index contributed by atoms with van der Waals surface area (Å²) in [6.45, 7) is 4.33. The van der Waals surface area contributed by atoms with Gasteiger partial charge in [0.2, 0.25) is 0 Å². The molecule has 0 aliphatic carbocycles. The van der Waals surface area contributed by atoms with E-state index in [2.05, 4.69) is 49.4 Å². The molecule has 1 aromatic rings. The molecule has 1 aromatic carbocycles. The van der Waals surface area contributed by atoms with E-state index < -0.39 is 0 Å². The summed E-state index contributed by atoms with van der Waals surface area (Å²) >= 11 is 0. The molecule has 2 unspecified atom stereocenters. The van der Waals surface area contributed by atoms with Crippen LogP contribution in [0.4, 0.5) is 0 Å². The summed E-state index contributed by atoms with van der Waals surface area (Å²) in [5.41, 5.74) is 1.31. The lowest BCUT2D eigenvalue weighted by Crippen LogP contribution is -2.30. The van der Waals surface area contributed by atoms with Gasteiger partial charge < -0.3 is 5.32 Å². The van der Waals surface area contributed by atoms with Crippen molar-refractivity contribution in [2.24, 2.45) is 0 Å². The smallest absolute Gasteiger partial charge is 0.0294 e. The Morgan fingerprint density at radius 2 is 2.00 bits per heavy atom. The molecule has 1 nitrogen and oxygen atoms in total. The van der Waals surface area contributed by atoms with Gasteiger partial charge in [-0.2, -0.15) is 0 Å². The van der Waals surface area contributed by atoms with E-state index in [4.69, 9.17) is 6.42 Å². The van der Waals surface area contributed by atoms with Crippen LogP contribution in [0, 0.1) is 12.3 Å². The fourth-order valence-electron chi connectivity index (χ4n) is 1.65. The SMILES string of the molecule is C#CCC(CC)NC(C)c1ccccc1. The lowest BCUT2D eigenvalue weighted by molar-refractivity contribution is 0.449. The maximum atomic E-state index is 5.33. The molecule has 0 bridgehead atoms. The first-order valence-corrected chi connectivity index (χ1v) is 5.52. The topological polar surface area (TPSA) is 12.0 Å². The molecule has 0 heterocycles.